The average Bonchev–Trinajstić information content (AvgIpc) is 2.27. The molecule has 17 heavy (non-hydrogen) atoms. The van der Waals surface area contributed by atoms with Crippen molar-refractivity contribution < 1.29 is 4.92 Å². The summed E-state index contributed by atoms with van der Waals surface area (Å²) in [5.41, 5.74) is 2.04. The molecule has 8 heteroatoms. The molecule has 1 heterocycles. The lowest BCUT2D eigenvalue weighted by molar-refractivity contribution is -0.387. The molecular formula is C9H15N5O2S. The summed E-state index contributed by atoms with van der Waals surface area (Å²) >= 11 is 1.35. The summed E-state index contributed by atoms with van der Waals surface area (Å²) in [6.45, 7) is 6.09. The van der Waals surface area contributed by atoms with Crippen LogP contribution in [-0.4, -0.2) is 20.1 Å². The molecule has 1 atom stereocenters. The lowest BCUT2D eigenvalue weighted by Crippen LogP contribution is -2.13. The molecule has 1 aromatic rings. The molecule has 0 bridgehead atoms. The fourth-order valence-electron chi connectivity index (χ4n) is 1.03. The van der Waals surface area contributed by atoms with Crippen molar-refractivity contribution in [3.8, 4) is 0 Å². The predicted molar refractivity (Wildman–Crippen MR) is 66.7 cm³/mol. The van der Waals surface area contributed by atoms with Gasteiger partial charge in [0.1, 0.15) is 6.33 Å². The standard InChI is InChI=1S/C9H15N5O2S/c1-5(2)6(3)17-9-7(14(15)16)8(13-10)11-4-12-9/h4-6H,10H2,1-3H3,(H,11,12,13). The molecule has 1 rings (SSSR count). The summed E-state index contributed by atoms with van der Waals surface area (Å²) in [6.07, 6.45) is 1.26. The topological polar surface area (TPSA) is 107 Å². The Morgan fingerprint density at radius 3 is 2.59 bits per heavy atom. The Hall–Kier alpha value is -1.41. The highest BCUT2D eigenvalue weighted by molar-refractivity contribution is 8.00. The van der Waals surface area contributed by atoms with E-state index in [9.17, 15) is 10.1 Å². The van der Waals surface area contributed by atoms with Crippen molar-refractivity contribution in [2.45, 2.75) is 31.0 Å². The normalized spacial score (nSPS) is 12.5. The first-order valence-corrected chi connectivity index (χ1v) is 5.98. The molecule has 0 aliphatic heterocycles. The van der Waals surface area contributed by atoms with Crippen LogP contribution in [0.3, 0.4) is 0 Å². The molecular weight excluding hydrogens is 242 g/mol. The third-order valence-electron chi connectivity index (χ3n) is 2.34. The van der Waals surface area contributed by atoms with E-state index in [-0.39, 0.29) is 16.8 Å². The highest BCUT2D eigenvalue weighted by atomic mass is 32.2. The van der Waals surface area contributed by atoms with Crippen LogP contribution < -0.4 is 11.3 Å². The smallest absolute Gasteiger partial charge is 0.303 e. The van der Waals surface area contributed by atoms with Gasteiger partial charge >= 0.3 is 5.69 Å². The molecule has 0 radical (unpaired) electrons. The molecule has 7 nitrogen and oxygen atoms in total. The third kappa shape index (κ3) is 3.27. The van der Waals surface area contributed by atoms with Crippen LogP contribution in [0, 0.1) is 16.0 Å². The van der Waals surface area contributed by atoms with E-state index in [1.807, 2.05) is 20.8 Å². The van der Waals surface area contributed by atoms with Gasteiger partial charge in [-0.25, -0.2) is 15.8 Å². The van der Waals surface area contributed by atoms with E-state index >= 15 is 0 Å². The van der Waals surface area contributed by atoms with Gasteiger partial charge in [-0.15, -0.1) is 0 Å². The number of rotatable bonds is 5. The van der Waals surface area contributed by atoms with E-state index in [1.165, 1.54) is 18.1 Å². The Kier molecular flexibility index (Phi) is 4.64. The monoisotopic (exact) mass is 257 g/mol. The minimum absolute atomic E-state index is 0.0310. The summed E-state index contributed by atoms with van der Waals surface area (Å²) in [4.78, 5) is 18.1. The second kappa shape index (κ2) is 5.78. The Labute approximate surface area is 103 Å². The van der Waals surface area contributed by atoms with Crippen molar-refractivity contribution in [3.05, 3.63) is 16.4 Å². The summed E-state index contributed by atoms with van der Waals surface area (Å²) in [7, 11) is 0. The van der Waals surface area contributed by atoms with Gasteiger partial charge in [0, 0.05) is 5.25 Å². The predicted octanol–water partition coefficient (Wildman–Crippen LogP) is 1.81. The van der Waals surface area contributed by atoms with Gasteiger partial charge in [0.25, 0.3) is 0 Å². The van der Waals surface area contributed by atoms with E-state index in [0.29, 0.717) is 10.9 Å². The van der Waals surface area contributed by atoms with Crippen LogP contribution in [0.25, 0.3) is 0 Å². The van der Waals surface area contributed by atoms with E-state index < -0.39 is 4.92 Å². The molecule has 94 valence electrons. The number of aromatic nitrogens is 2. The number of thioether (sulfide) groups is 1. The summed E-state index contributed by atoms with van der Waals surface area (Å²) < 4.78 is 0. The van der Waals surface area contributed by atoms with Crippen LogP contribution in [0.15, 0.2) is 11.4 Å². The van der Waals surface area contributed by atoms with Crippen LogP contribution in [0.4, 0.5) is 11.5 Å². The van der Waals surface area contributed by atoms with Crippen molar-refractivity contribution in [3.63, 3.8) is 0 Å². The minimum atomic E-state index is -0.523. The molecule has 0 aliphatic rings. The fraction of sp³-hybridized carbons (Fsp3) is 0.556. The molecule has 0 spiro atoms. The van der Waals surface area contributed by atoms with Crippen molar-refractivity contribution in [2.75, 3.05) is 5.43 Å². The Morgan fingerprint density at radius 1 is 1.47 bits per heavy atom. The highest BCUT2D eigenvalue weighted by Gasteiger charge is 2.24. The molecule has 0 amide bonds. The number of anilines is 1. The summed E-state index contributed by atoms with van der Waals surface area (Å²) in [5, 5.41) is 11.5. The molecule has 0 saturated carbocycles. The van der Waals surface area contributed by atoms with E-state index in [2.05, 4.69) is 15.4 Å². The molecule has 0 aromatic carbocycles. The van der Waals surface area contributed by atoms with Crippen LogP contribution in [0.1, 0.15) is 20.8 Å². The molecule has 0 aliphatic carbocycles. The Bertz CT molecular complexity index is 412. The largest absolute Gasteiger partial charge is 0.344 e. The van der Waals surface area contributed by atoms with Gasteiger partial charge < -0.3 is 5.43 Å². The number of hydrazine groups is 1. The van der Waals surface area contributed by atoms with Crippen molar-refractivity contribution in [1.29, 1.82) is 0 Å². The second-order valence-corrected chi connectivity index (χ2v) is 5.21. The number of nitrogens with zero attached hydrogens (tertiary/aromatic N) is 3. The lowest BCUT2D eigenvalue weighted by Gasteiger charge is -2.14. The molecule has 1 unspecified atom stereocenters. The van der Waals surface area contributed by atoms with Crippen LogP contribution in [0.5, 0.6) is 0 Å². The van der Waals surface area contributed by atoms with Gasteiger partial charge in [0.2, 0.25) is 5.82 Å². The number of nitrogens with one attached hydrogen (secondary N) is 1. The first-order valence-electron chi connectivity index (χ1n) is 5.10. The van der Waals surface area contributed by atoms with Gasteiger partial charge in [-0.05, 0) is 5.92 Å². The summed E-state index contributed by atoms with van der Waals surface area (Å²) in [6, 6.07) is 0. The van der Waals surface area contributed by atoms with Crippen LogP contribution in [-0.2, 0) is 0 Å². The van der Waals surface area contributed by atoms with Crippen molar-refractivity contribution >= 4 is 23.3 Å². The maximum Gasteiger partial charge on any atom is 0.344 e. The first-order chi connectivity index (χ1) is 7.97. The van der Waals surface area contributed by atoms with E-state index in [0.717, 1.165) is 0 Å². The van der Waals surface area contributed by atoms with Crippen molar-refractivity contribution in [2.24, 2.45) is 11.8 Å². The quantitative estimate of drug-likeness (QED) is 0.272. The van der Waals surface area contributed by atoms with Gasteiger partial charge in [-0.3, -0.25) is 10.1 Å². The maximum atomic E-state index is 11.0. The zero-order valence-electron chi connectivity index (χ0n) is 9.88. The Balaban J connectivity index is 3.10. The lowest BCUT2D eigenvalue weighted by atomic mass is 10.2. The average molecular weight is 257 g/mol. The highest BCUT2D eigenvalue weighted by Crippen LogP contribution is 2.35. The second-order valence-electron chi connectivity index (χ2n) is 3.84. The molecule has 3 N–H and O–H groups in total. The van der Waals surface area contributed by atoms with Crippen LogP contribution >= 0.6 is 11.8 Å². The zero-order chi connectivity index (χ0) is 13.0. The maximum absolute atomic E-state index is 11.0. The number of hydrogen-bond acceptors (Lipinski definition) is 7. The van der Waals surface area contributed by atoms with E-state index in [1.54, 1.807) is 0 Å². The van der Waals surface area contributed by atoms with E-state index in [4.69, 9.17) is 5.84 Å². The SMILES string of the molecule is CC(C)C(C)Sc1ncnc(NN)c1[N+](=O)[O-]. The van der Waals surface area contributed by atoms with Gasteiger partial charge in [-0.2, -0.15) is 0 Å². The van der Waals surface area contributed by atoms with Gasteiger partial charge in [0.05, 0.1) is 4.92 Å². The number of nitrogen functional groups attached to an aromatic ring is 1. The molecule has 0 fully saturated rings. The number of nitro groups is 1. The number of nitrogens with two attached hydrogens (primary N) is 1. The fourth-order valence-corrected chi connectivity index (χ4v) is 2.05. The van der Waals surface area contributed by atoms with Crippen molar-refractivity contribution in [1.82, 2.24) is 9.97 Å². The zero-order valence-corrected chi connectivity index (χ0v) is 10.7. The summed E-state index contributed by atoms with van der Waals surface area (Å²) in [5.74, 6) is 5.62. The van der Waals surface area contributed by atoms with Crippen LogP contribution in [0.2, 0.25) is 0 Å². The molecule has 1 aromatic heterocycles. The minimum Gasteiger partial charge on any atom is -0.303 e. The third-order valence-corrected chi connectivity index (χ3v) is 3.78. The Morgan fingerprint density at radius 2 is 2.12 bits per heavy atom. The van der Waals surface area contributed by atoms with Gasteiger partial charge in [-0.1, -0.05) is 32.5 Å². The first kappa shape index (κ1) is 13.7. The van der Waals surface area contributed by atoms with Gasteiger partial charge in [0.15, 0.2) is 5.03 Å². The molecule has 0 saturated heterocycles. The number of hydrogen-bond donors (Lipinski definition) is 2.